The summed E-state index contributed by atoms with van der Waals surface area (Å²) in [5.74, 6) is -0.613. The van der Waals surface area contributed by atoms with Crippen LogP contribution in [0.25, 0.3) is 0 Å². The van der Waals surface area contributed by atoms with Gasteiger partial charge in [0.1, 0.15) is 12.1 Å². The van der Waals surface area contributed by atoms with Crippen molar-refractivity contribution in [3.05, 3.63) is 65.2 Å². The molecule has 1 heterocycles. The lowest BCUT2D eigenvalue weighted by Crippen LogP contribution is -2.42. The monoisotopic (exact) mass is 379 g/mol. The molecule has 6 nitrogen and oxygen atoms in total. The van der Waals surface area contributed by atoms with Gasteiger partial charge in [-0.2, -0.15) is 0 Å². The number of para-hydroxylation sites is 1. The number of aryl methyl sites for hydroxylation is 1. The van der Waals surface area contributed by atoms with E-state index >= 15 is 0 Å². The summed E-state index contributed by atoms with van der Waals surface area (Å²) in [6.45, 7) is 7.33. The van der Waals surface area contributed by atoms with Crippen LogP contribution in [-0.2, 0) is 15.1 Å². The molecule has 1 aliphatic heterocycles. The Hall–Kier alpha value is -3.15. The first kappa shape index (κ1) is 19.6. The van der Waals surface area contributed by atoms with Crippen LogP contribution >= 0.6 is 0 Å². The van der Waals surface area contributed by atoms with Crippen LogP contribution in [0.1, 0.15) is 43.4 Å². The molecule has 6 heteroatoms. The first-order chi connectivity index (χ1) is 13.2. The number of amides is 4. The van der Waals surface area contributed by atoms with Crippen molar-refractivity contribution in [2.45, 2.75) is 39.2 Å². The zero-order chi connectivity index (χ0) is 20.5. The van der Waals surface area contributed by atoms with Gasteiger partial charge in [-0.05, 0) is 36.5 Å². The number of hydrogen-bond acceptors (Lipinski definition) is 3. The van der Waals surface area contributed by atoms with E-state index in [1.54, 1.807) is 31.2 Å². The Balaban J connectivity index is 1.79. The Morgan fingerprint density at radius 3 is 2.43 bits per heavy atom. The molecule has 2 aromatic carbocycles. The molecule has 1 fully saturated rings. The molecule has 0 spiro atoms. The summed E-state index contributed by atoms with van der Waals surface area (Å²) in [4.78, 5) is 39.0. The zero-order valence-corrected chi connectivity index (χ0v) is 16.6. The summed E-state index contributed by atoms with van der Waals surface area (Å²) >= 11 is 0. The second kappa shape index (κ2) is 7.46. The van der Waals surface area contributed by atoms with Gasteiger partial charge in [-0.1, -0.05) is 62.4 Å². The SMILES string of the molecule is Cc1cccc(C(C)C)c1NC(=O)CN1C(=O)N[C@@](C)(c2ccccc2)C1=O. The number of carbonyl (C=O) groups is 3. The number of rotatable bonds is 5. The van der Waals surface area contributed by atoms with Crippen LogP contribution in [0.5, 0.6) is 0 Å². The first-order valence-electron chi connectivity index (χ1n) is 9.33. The van der Waals surface area contributed by atoms with Gasteiger partial charge in [0.15, 0.2) is 0 Å². The van der Waals surface area contributed by atoms with Crippen molar-refractivity contribution in [3.8, 4) is 0 Å². The Morgan fingerprint density at radius 2 is 1.79 bits per heavy atom. The van der Waals surface area contributed by atoms with Crippen LogP contribution in [0.4, 0.5) is 10.5 Å². The number of imide groups is 1. The molecule has 0 radical (unpaired) electrons. The topological polar surface area (TPSA) is 78.5 Å². The number of anilines is 1. The van der Waals surface area contributed by atoms with Crippen LogP contribution in [0, 0.1) is 6.92 Å². The molecule has 2 N–H and O–H groups in total. The molecule has 1 aliphatic rings. The minimum Gasteiger partial charge on any atom is -0.324 e. The smallest absolute Gasteiger partial charge is 0.324 e. The normalized spacial score (nSPS) is 19.1. The van der Waals surface area contributed by atoms with E-state index in [1.165, 1.54) is 0 Å². The van der Waals surface area contributed by atoms with Gasteiger partial charge in [0.25, 0.3) is 5.91 Å². The molecule has 3 rings (SSSR count). The lowest BCUT2D eigenvalue weighted by Gasteiger charge is -2.22. The second-order valence-corrected chi connectivity index (χ2v) is 7.55. The van der Waals surface area contributed by atoms with Crippen molar-refractivity contribution in [2.75, 3.05) is 11.9 Å². The molecule has 4 amide bonds. The molecule has 1 saturated heterocycles. The zero-order valence-electron chi connectivity index (χ0n) is 16.6. The summed E-state index contributed by atoms with van der Waals surface area (Å²) in [7, 11) is 0. The van der Waals surface area contributed by atoms with Crippen molar-refractivity contribution >= 4 is 23.5 Å². The van der Waals surface area contributed by atoms with E-state index in [9.17, 15) is 14.4 Å². The van der Waals surface area contributed by atoms with Gasteiger partial charge in [0.05, 0.1) is 0 Å². The molecular weight excluding hydrogens is 354 g/mol. The van der Waals surface area contributed by atoms with Crippen molar-refractivity contribution in [2.24, 2.45) is 0 Å². The molecule has 0 bridgehead atoms. The summed E-state index contributed by atoms with van der Waals surface area (Å²) in [5, 5.41) is 5.60. The predicted octanol–water partition coefficient (Wildman–Crippen LogP) is 3.52. The van der Waals surface area contributed by atoms with Gasteiger partial charge >= 0.3 is 6.03 Å². The van der Waals surface area contributed by atoms with Crippen LogP contribution < -0.4 is 10.6 Å². The molecular formula is C22H25N3O3. The fraction of sp³-hybridized carbons (Fsp3) is 0.318. The average molecular weight is 379 g/mol. The van der Waals surface area contributed by atoms with Crippen molar-refractivity contribution in [1.29, 1.82) is 0 Å². The van der Waals surface area contributed by atoms with E-state index in [0.717, 1.165) is 21.7 Å². The maximum absolute atomic E-state index is 12.9. The van der Waals surface area contributed by atoms with Gasteiger partial charge in [-0.3, -0.25) is 14.5 Å². The number of nitrogens with one attached hydrogen (secondary N) is 2. The standard InChI is InChI=1S/C22H25N3O3/c1-14(2)17-12-8-9-15(3)19(17)23-18(26)13-25-20(27)22(4,24-21(25)28)16-10-6-5-7-11-16/h5-12,14H,13H2,1-4H3,(H,23,26)(H,24,28)/t22-/m0/s1. The third-order valence-electron chi connectivity index (χ3n) is 5.12. The fourth-order valence-corrected chi connectivity index (χ4v) is 3.47. The highest BCUT2D eigenvalue weighted by Gasteiger charge is 2.49. The third kappa shape index (κ3) is 3.50. The Labute approximate surface area is 164 Å². The number of carbonyl (C=O) groups excluding carboxylic acids is 3. The Kier molecular flexibility index (Phi) is 5.23. The van der Waals surface area contributed by atoms with Crippen molar-refractivity contribution < 1.29 is 14.4 Å². The van der Waals surface area contributed by atoms with Crippen LogP contribution in [0.15, 0.2) is 48.5 Å². The minimum absolute atomic E-state index is 0.230. The average Bonchev–Trinajstić information content (AvgIpc) is 2.88. The molecule has 0 unspecified atom stereocenters. The van der Waals surface area contributed by atoms with E-state index in [-0.39, 0.29) is 12.5 Å². The summed E-state index contributed by atoms with van der Waals surface area (Å²) < 4.78 is 0. The highest BCUT2D eigenvalue weighted by Crippen LogP contribution is 2.30. The quantitative estimate of drug-likeness (QED) is 0.780. The summed E-state index contributed by atoms with van der Waals surface area (Å²) in [6, 6.07) is 14.3. The van der Waals surface area contributed by atoms with E-state index < -0.39 is 23.4 Å². The maximum atomic E-state index is 12.9. The van der Waals surface area contributed by atoms with E-state index in [1.807, 2.05) is 45.0 Å². The van der Waals surface area contributed by atoms with Gasteiger partial charge in [0.2, 0.25) is 5.91 Å². The van der Waals surface area contributed by atoms with Crippen LogP contribution in [-0.4, -0.2) is 29.3 Å². The molecule has 0 aliphatic carbocycles. The number of urea groups is 1. The highest BCUT2D eigenvalue weighted by molar-refractivity contribution is 6.10. The Bertz CT molecular complexity index is 924. The number of hydrogen-bond donors (Lipinski definition) is 2. The number of benzene rings is 2. The van der Waals surface area contributed by atoms with Gasteiger partial charge in [-0.25, -0.2) is 4.79 Å². The first-order valence-corrected chi connectivity index (χ1v) is 9.33. The Morgan fingerprint density at radius 1 is 1.11 bits per heavy atom. The number of nitrogens with zero attached hydrogens (tertiary/aromatic N) is 1. The van der Waals surface area contributed by atoms with E-state index in [2.05, 4.69) is 10.6 Å². The molecule has 0 aromatic heterocycles. The minimum atomic E-state index is -1.18. The molecule has 146 valence electrons. The molecule has 0 saturated carbocycles. The molecule has 2 aromatic rings. The lowest BCUT2D eigenvalue weighted by atomic mass is 9.92. The highest BCUT2D eigenvalue weighted by atomic mass is 16.2. The van der Waals surface area contributed by atoms with Gasteiger partial charge < -0.3 is 10.6 Å². The third-order valence-corrected chi connectivity index (χ3v) is 5.12. The fourth-order valence-electron chi connectivity index (χ4n) is 3.47. The second-order valence-electron chi connectivity index (χ2n) is 7.55. The summed E-state index contributed by atoms with van der Waals surface area (Å²) in [5.41, 5.74) is 2.19. The van der Waals surface area contributed by atoms with Crippen molar-refractivity contribution in [3.63, 3.8) is 0 Å². The van der Waals surface area contributed by atoms with Crippen LogP contribution in [0.2, 0.25) is 0 Å². The van der Waals surface area contributed by atoms with Gasteiger partial charge in [-0.15, -0.1) is 0 Å². The maximum Gasteiger partial charge on any atom is 0.325 e. The van der Waals surface area contributed by atoms with Gasteiger partial charge in [0, 0.05) is 5.69 Å². The van der Waals surface area contributed by atoms with E-state index in [4.69, 9.17) is 0 Å². The van der Waals surface area contributed by atoms with E-state index in [0.29, 0.717) is 5.56 Å². The molecule has 1 atom stereocenters. The summed E-state index contributed by atoms with van der Waals surface area (Å²) in [6.07, 6.45) is 0. The molecule has 28 heavy (non-hydrogen) atoms. The largest absolute Gasteiger partial charge is 0.325 e. The van der Waals surface area contributed by atoms with Crippen LogP contribution in [0.3, 0.4) is 0 Å². The van der Waals surface area contributed by atoms with Crippen molar-refractivity contribution in [1.82, 2.24) is 10.2 Å². The lowest BCUT2D eigenvalue weighted by molar-refractivity contribution is -0.133. The predicted molar refractivity (Wildman–Crippen MR) is 108 cm³/mol.